The van der Waals surface area contributed by atoms with Gasteiger partial charge in [0.1, 0.15) is 11.9 Å². The molecule has 5 heterocycles. The average molecular weight is 600 g/mol. The van der Waals surface area contributed by atoms with Crippen LogP contribution in [0.3, 0.4) is 0 Å². The Morgan fingerprint density at radius 1 is 1.35 bits per heavy atom. The fourth-order valence-corrected chi connectivity index (χ4v) is 6.54. The molecule has 14 nitrogen and oxygen atoms in total. The molecular formula is C23H24ClFN5O9P. The lowest BCUT2D eigenvalue weighted by atomic mass is 9.96. The highest BCUT2D eigenvalue weighted by Gasteiger charge is 2.64. The van der Waals surface area contributed by atoms with E-state index < -0.39 is 49.9 Å². The first-order valence-electron chi connectivity index (χ1n) is 12.3. The number of nitrogens with two attached hydrogens (primary N) is 1. The largest absolute Gasteiger partial charge is 0.509 e. The number of hydrogen-bond acceptors (Lipinski definition) is 13. The Morgan fingerprint density at radius 2 is 2.17 bits per heavy atom. The summed E-state index contributed by atoms with van der Waals surface area (Å²) < 4.78 is 68.5. The minimum atomic E-state index is -4.17. The first kappa shape index (κ1) is 27.1. The van der Waals surface area contributed by atoms with Crippen LogP contribution < -0.4 is 10.5 Å². The number of phosphoric acid groups is 1. The molecule has 3 aromatic rings. The van der Waals surface area contributed by atoms with Crippen LogP contribution >= 0.6 is 19.4 Å². The van der Waals surface area contributed by atoms with E-state index in [9.17, 15) is 13.8 Å². The number of carbonyl (C=O) groups excluding carboxylic acids is 1. The van der Waals surface area contributed by atoms with E-state index in [0.29, 0.717) is 12.1 Å². The smallest absolute Gasteiger partial charge is 0.476 e. The third-order valence-corrected chi connectivity index (χ3v) is 8.47. The Balaban J connectivity index is 1.24. The summed E-state index contributed by atoms with van der Waals surface area (Å²) in [5.74, 6) is -0.490. The summed E-state index contributed by atoms with van der Waals surface area (Å²) in [5.41, 5.74) is 5.28. The van der Waals surface area contributed by atoms with E-state index in [-0.39, 0.29) is 47.7 Å². The normalized spacial score (nSPS) is 31.6. The van der Waals surface area contributed by atoms with Crippen LogP contribution in [0.5, 0.6) is 5.88 Å². The highest BCUT2D eigenvalue weighted by molar-refractivity contribution is 7.48. The zero-order valence-corrected chi connectivity index (χ0v) is 22.8. The summed E-state index contributed by atoms with van der Waals surface area (Å²) >= 11 is 5.84. The fraction of sp³-hybridized carbons (Fsp3) is 0.478. The molecule has 3 fully saturated rings. The molecule has 6 atom stereocenters. The third kappa shape index (κ3) is 4.66. The number of phosphoric ester groups is 1. The first-order chi connectivity index (χ1) is 19.1. The highest BCUT2D eigenvalue weighted by atomic mass is 35.5. The summed E-state index contributed by atoms with van der Waals surface area (Å²) in [6.45, 7) is 3.32. The molecular weight excluding hydrogens is 576 g/mol. The molecule has 2 N–H and O–H groups in total. The number of hydrogen-bond donors (Lipinski definition) is 1. The van der Waals surface area contributed by atoms with Crippen LogP contribution in [-0.2, 0) is 32.3 Å². The molecule has 0 bridgehead atoms. The number of ether oxygens (including phenoxy) is 4. The molecule has 214 valence electrons. The average Bonchev–Trinajstić information content (AvgIpc) is 3.52. The van der Waals surface area contributed by atoms with Crippen LogP contribution in [0.4, 0.5) is 15.1 Å². The maximum Gasteiger partial charge on any atom is 0.509 e. The third-order valence-electron chi connectivity index (χ3n) is 6.76. The van der Waals surface area contributed by atoms with Crippen molar-refractivity contribution in [3.8, 4) is 5.88 Å². The number of nitrogens with zero attached hydrogens (tertiary/aromatic N) is 4. The van der Waals surface area contributed by atoms with Gasteiger partial charge in [-0.25, -0.2) is 18.7 Å². The van der Waals surface area contributed by atoms with Crippen LogP contribution in [0.2, 0.25) is 5.02 Å². The number of benzene rings is 1. The van der Waals surface area contributed by atoms with Crippen molar-refractivity contribution in [2.75, 3.05) is 25.6 Å². The Hall–Kier alpha value is -3.07. The summed E-state index contributed by atoms with van der Waals surface area (Å²) in [7, 11) is -4.17. The minimum Gasteiger partial charge on any atom is -0.476 e. The molecule has 2 aromatic heterocycles. The molecule has 0 radical (unpaired) electrons. The van der Waals surface area contributed by atoms with E-state index in [1.165, 1.54) is 23.0 Å². The van der Waals surface area contributed by atoms with Crippen LogP contribution in [0, 0.1) is 5.82 Å². The maximum absolute atomic E-state index is 14.5. The summed E-state index contributed by atoms with van der Waals surface area (Å²) in [4.78, 5) is 24.9. The lowest BCUT2D eigenvalue weighted by molar-refractivity contribution is -0.0926. The SMILES string of the molecule is CCOc1nc(N)nc2c1ncn2[C@@H]1O[C@H](CO[P@@]2(=O)OCC[C@@H](c3ccc(Cl)cc3F)O2)[C@H]2OC(=O)O[C@]21C. The summed E-state index contributed by atoms with van der Waals surface area (Å²) in [5, 5.41) is 0.214. The van der Waals surface area contributed by atoms with Crippen molar-refractivity contribution in [3.05, 3.63) is 40.9 Å². The number of aromatic nitrogens is 4. The zero-order chi connectivity index (χ0) is 28.2. The van der Waals surface area contributed by atoms with E-state index in [2.05, 4.69) is 15.0 Å². The van der Waals surface area contributed by atoms with Crippen LogP contribution in [0.25, 0.3) is 11.2 Å². The van der Waals surface area contributed by atoms with E-state index in [1.54, 1.807) is 13.8 Å². The molecule has 0 amide bonds. The van der Waals surface area contributed by atoms with Gasteiger partial charge in [0.15, 0.2) is 29.1 Å². The van der Waals surface area contributed by atoms with Gasteiger partial charge in [-0.05, 0) is 26.0 Å². The van der Waals surface area contributed by atoms with Crippen LogP contribution in [0.1, 0.15) is 38.2 Å². The molecule has 0 saturated carbocycles. The van der Waals surface area contributed by atoms with Crippen LogP contribution in [-0.4, -0.2) is 63.3 Å². The van der Waals surface area contributed by atoms with E-state index in [0.717, 1.165) is 6.07 Å². The van der Waals surface area contributed by atoms with E-state index in [1.807, 2.05) is 0 Å². The lowest BCUT2D eigenvalue weighted by Gasteiger charge is -2.30. The Kier molecular flexibility index (Phi) is 6.84. The molecule has 6 rings (SSSR count). The molecule has 3 aliphatic heterocycles. The molecule has 0 unspecified atom stereocenters. The summed E-state index contributed by atoms with van der Waals surface area (Å²) in [6.07, 6.45) is -3.11. The number of imidazole rings is 1. The quantitative estimate of drug-likeness (QED) is 0.305. The Bertz CT molecular complexity index is 1530. The van der Waals surface area contributed by atoms with Crippen molar-refractivity contribution in [3.63, 3.8) is 0 Å². The first-order valence-corrected chi connectivity index (χ1v) is 14.1. The van der Waals surface area contributed by atoms with Gasteiger partial charge in [-0.15, -0.1) is 0 Å². The topological polar surface area (TPSA) is 168 Å². The van der Waals surface area contributed by atoms with Gasteiger partial charge in [0.25, 0.3) is 0 Å². The highest BCUT2D eigenvalue weighted by Crippen LogP contribution is 2.58. The maximum atomic E-state index is 14.5. The van der Waals surface area contributed by atoms with Crippen molar-refractivity contribution in [1.82, 2.24) is 19.5 Å². The molecule has 0 aliphatic carbocycles. The Morgan fingerprint density at radius 3 is 2.95 bits per heavy atom. The number of fused-ring (bicyclic) bond motifs is 2. The van der Waals surface area contributed by atoms with Crippen LogP contribution in [0.15, 0.2) is 24.5 Å². The molecule has 40 heavy (non-hydrogen) atoms. The van der Waals surface area contributed by atoms with E-state index in [4.69, 9.17) is 49.9 Å². The molecule has 1 aromatic carbocycles. The second-order valence-corrected chi connectivity index (χ2v) is 11.4. The van der Waals surface area contributed by atoms with Crippen molar-refractivity contribution >= 4 is 42.7 Å². The Labute approximate surface area is 231 Å². The number of carbonyl (C=O) groups is 1. The van der Waals surface area contributed by atoms with Gasteiger partial charge in [-0.2, -0.15) is 9.97 Å². The van der Waals surface area contributed by atoms with E-state index >= 15 is 0 Å². The van der Waals surface area contributed by atoms with Crippen molar-refractivity contribution < 1.29 is 46.3 Å². The number of rotatable bonds is 7. The lowest BCUT2D eigenvalue weighted by Crippen LogP contribution is -2.42. The monoisotopic (exact) mass is 599 g/mol. The number of anilines is 1. The predicted molar refractivity (Wildman–Crippen MR) is 134 cm³/mol. The van der Waals surface area contributed by atoms with Crippen molar-refractivity contribution in [1.29, 1.82) is 0 Å². The second-order valence-electron chi connectivity index (χ2n) is 9.37. The standard InChI is InChI=1S/C23H24ClFN5O9P/c1-3-33-19-16-18(28-21(26)29-19)30(10-27-16)20-23(2)17(37-22(31)38-23)15(36-20)9-35-40(32)34-7-6-14(39-40)12-5-4-11(24)8-13(12)25/h4-5,8,10,14-15,17,20H,3,6-7,9H2,1-2H3,(H2,26,28,29)/t14-,15+,17+,20+,23+,40+/m0/s1. The molecule has 17 heteroatoms. The fourth-order valence-electron chi connectivity index (χ4n) is 4.99. The van der Waals surface area contributed by atoms with Gasteiger partial charge < -0.3 is 24.7 Å². The van der Waals surface area contributed by atoms with Gasteiger partial charge in [0, 0.05) is 17.0 Å². The van der Waals surface area contributed by atoms with Gasteiger partial charge >= 0.3 is 14.0 Å². The predicted octanol–water partition coefficient (Wildman–Crippen LogP) is 4.09. The minimum absolute atomic E-state index is 0.0122. The van der Waals surface area contributed by atoms with Gasteiger partial charge in [-0.3, -0.25) is 18.1 Å². The van der Waals surface area contributed by atoms with Gasteiger partial charge in [0.2, 0.25) is 11.8 Å². The zero-order valence-electron chi connectivity index (χ0n) is 21.2. The van der Waals surface area contributed by atoms with Crippen molar-refractivity contribution in [2.45, 2.75) is 50.4 Å². The second kappa shape index (κ2) is 10.1. The van der Waals surface area contributed by atoms with Gasteiger partial charge in [0.05, 0.1) is 32.3 Å². The summed E-state index contributed by atoms with van der Waals surface area (Å²) in [6, 6.07) is 4.09. The molecule has 3 aliphatic rings. The molecule has 0 spiro atoms. The number of nitrogen functional groups attached to an aromatic ring is 1. The molecule has 3 saturated heterocycles. The van der Waals surface area contributed by atoms with Crippen molar-refractivity contribution in [2.24, 2.45) is 0 Å². The van der Waals surface area contributed by atoms with Gasteiger partial charge in [-0.1, -0.05) is 17.7 Å². The number of halogens is 2.